The maximum Gasteiger partial charge on any atom is 0.257 e. The van der Waals surface area contributed by atoms with Crippen molar-refractivity contribution in [1.82, 2.24) is 75.4 Å². The van der Waals surface area contributed by atoms with Crippen molar-refractivity contribution in [2.45, 2.75) is 184 Å². The molecule has 8 fully saturated rings. The van der Waals surface area contributed by atoms with E-state index in [9.17, 15) is 52.8 Å². The minimum absolute atomic E-state index is 0.0585. The van der Waals surface area contributed by atoms with Crippen molar-refractivity contribution < 1.29 is 38.4 Å². The lowest BCUT2D eigenvalue weighted by Gasteiger charge is -2.31. The Balaban J connectivity index is 0.000000131. The van der Waals surface area contributed by atoms with Crippen molar-refractivity contribution in [3.05, 3.63) is 89.5 Å². The molecule has 12 N–H and O–H groups in total. The van der Waals surface area contributed by atoms with Gasteiger partial charge in [0.25, 0.3) is 22.2 Å². The van der Waals surface area contributed by atoms with Gasteiger partial charge in [0.05, 0.1) is 70.6 Å². The Morgan fingerprint density at radius 3 is 0.938 bits per heavy atom. The van der Waals surface area contributed by atoms with Crippen molar-refractivity contribution in [3.8, 4) is 0 Å². The number of rotatable bonds is 16. The van der Waals surface area contributed by atoms with Crippen molar-refractivity contribution >= 4 is 131 Å². The molecule has 13 heterocycles. The second kappa shape index (κ2) is 33.3. The fourth-order valence-corrected chi connectivity index (χ4v) is 19.2. The number of nitrogens with two attached hydrogens (primary N) is 4. The first-order valence-corrected chi connectivity index (χ1v) is 45.7. The van der Waals surface area contributed by atoms with E-state index in [2.05, 4.69) is 61.1 Å². The van der Waals surface area contributed by atoms with Gasteiger partial charge in [0.1, 0.15) is 0 Å². The summed E-state index contributed by atoms with van der Waals surface area (Å²) < 4.78 is 112. The Labute approximate surface area is 649 Å². The number of hydrogen-bond acceptors (Lipinski definition) is 29. The van der Waals surface area contributed by atoms with Crippen LogP contribution in [-0.2, 0) is 44.8 Å². The van der Waals surface area contributed by atoms with Gasteiger partial charge in [-0.1, -0.05) is 19.3 Å². The van der Waals surface area contributed by atoms with E-state index in [1.807, 2.05) is 0 Å². The fourth-order valence-electron chi connectivity index (χ4n) is 15.7. The molecule has 112 heavy (non-hydrogen) atoms. The van der Waals surface area contributed by atoms with Gasteiger partial charge in [0, 0.05) is 161 Å². The maximum absolute atomic E-state index is 12.9. The number of pyridine rings is 4. The van der Waals surface area contributed by atoms with Crippen LogP contribution in [0.4, 0.5) is 46.5 Å². The Hall–Kier alpha value is -8.84. The van der Waals surface area contributed by atoms with E-state index in [0.717, 1.165) is 64.2 Å². The molecule has 0 radical (unpaired) electrons. The molecular formula is C71H102N24O13S4. The Bertz CT molecular complexity index is 5580. The van der Waals surface area contributed by atoms with Crippen LogP contribution in [0.3, 0.4) is 0 Å². The second-order valence-corrected chi connectivity index (χ2v) is 38.6. The summed E-state index contributed by atoms with van der Waals surface area (Å²) in [7, 11) is -12.6. The summed E-state index contributed by atoms with van der Waals surface area (Å²) in [5, 5.41) is 15.9. The average molecular weight is 1630 g/mol. The van der Waals surface area contributed by atoms with Crippen molar-refractivity contribution in [2.75, 3.05) is 135 Å². The number of nitrogens with zero attached hydrogens (tertiary/aromatic N) is 16. The lowest BCUT2D eigenvalue weighted by Crippen LogP contribution is -2.42. The van der Waals surface area contributed by atoms with Gasteiger partial charge in [-0.2, -0.15) is 19.9 Å². The number of fused-ring (bicyclic) bond motifs is 4. The zero-order valence-corrected chi connectivity index (χ0v) is 67.3. The normalized spacial score (nSPS) is 20.3. The zero-order valence-electron chi connectivity index (χ0n) is 64.0. The van der Waals surface area contributed by atoms with E-state index in [1.54, 1.807) is 56.9 Å². The van der Waals surface area contributed by atoms with Crippen LogP contribution in [0.5, 0.6) is 0 Å². The molecular weight excluding hydrogens is 1530 g/mol. The maximum atomic E-state index is 12.9. The Morgan fingerprint density at radius 2 is 0.652 bits per heavy atom. The average Bonchev–Trinajstić information content (AvgIpc) is 0.771. The smallest absolute Gasteiger partial charge is 0.257 e. The molecule has 5 saturated heterocycles. The number of aromatic nitrogens is 12. The number of anilines is 8. The topological polar surface area (TPSA) is 502 Å². The second-order valence-electron chi connectivity index (χ2n) is 30.7. The van der Waals surface area contributed by atoms with Gasteiger partial charge < -0.3 is 48.9 Å². The highest BCUT2D eigenvalue weighted by Gasteiger charge is 2.34. The molecule has 0 spiro atoms. The summed E-state index contributed by atoms with van der Waals surface area (Å²) >= 11 is 0. The zero-order chi connectivity index (χ0) is 79.9. The van der Waals surface area contributed by atoms with E-state index >= 15 is 0 Å². The lowest BCUT2D eigenvalue weighted by molar-refractivity contribution is 0.186. The molecule has 8 aromatic rings. The standard InChI is InChI=1S/C19H28N6O3S.C18H26N6O4S.C18H26N6O3S.C16H22N6O3S/c1-29(27,28)24-9-7-13(8-10-24)22-19-21-12-15-16(20)11-17(26)25(18(15)23-19)14-5-3-2-4-6-14;1-11-15(19)14-9-20-18(21-12-3-6-23(7-4-12)29(2,26)27)22-16(14)24(17(11)25)13-5-8-28-10-13;1-11-15(19)14-10-20-18(21-12-6-8-23(9-7-12)28(2,26)27)22-16(14)24(17(11)25)13-4-3-5-13;1-26(24,25)21-6-4-10(5-7-21)19-16-18-9-12-13(17)8-14(23)22(11-2-3-11)15(12)20-16/h11-14H,2-10,20H2,1H3,(H,21,22,23);9,12-13H,3-8,10,19H2,1-2H3,(H,20,21,22);10,12-13H,3-9,19H2,1-2H3,(H,20,21,22);8-11H,2-7,17H2,1H3,(H,18,19,20)/t;13-;;/m.1../s1. The Kier molecular flexibility index (Phi) is 24.1. The van der Waals surface area contributed by atoms with Gasteiger partial charge in [-0.05, 0) is 117 Å². The molecule has 37 nitrogen and oxygen atoms in total. The van der Waals surface area contributed by atoms with Gasteiger partial charge in [-0.15, -0.1) is 0 Å². The third kappa shape index (κ3) is 18.4. The molecule has 0 unspecified atom stereocenters. The SMILES string of the molecule is CS(=O)(=O)N1CCC(Nc2ncc3c(N)cc(=O)n(C4CC4)c3n2)CC1.CS(=O)(=O)N1CCC(Nc2ncc3c(N)cc(=O)n(C4CCCCC4)c3n2)CC1.Cc1c(N)c2cnc(NC3CCN(S(C)(=O)=O)CC3)nc2n(C2CCC2)c1=O.Cc1c(N)c2cnc(NC3CCN(S(C)(=O)=O)CC3)nc2n([C@@H]2CCOC2)c1=O. The minimum atomic E-state index is -3.17. The summed E-state index contributed by atoms with van der Waals surface area (Å²) in [5.41, 5.74) is 28.7. The summed E-state index contributed by atoms with van der Waals surface area (Å²) in [4.78, 5) is 86.7. The highest BCUT2D eigenvalue weighted by Crippen LogP contribution is 2.38. The number of ether oxygens (including phenoxy) is 1. The summed E-state index contributed by atoms with van der Waals surface area (Å²) in [6.45, 7) is 8.30. The molecule has 5 aliphatic heterocycles. The minimum Gasteiger partial charge on any atom is -0.398 e. The van der Waals surface area contributed by atoms with E-state index in [4.69, 9.17) is 27.7 Å². The highest BCUT2D eigenvalue weighted by molar-refractivity contribution is 7.89. The first-order valence-electron chi connectivity index (χ1n) is 38.3. The summed E-state index contributed by atoms with van der Waals surface area (Å²) in [5.74, 6) is 1.74. The molecule has 16 rings (SSSR count). The van der Waals surface area contributed by atoms with Gasteiger partial charge in [0.15, 0.2) is 22.6 Å². The van der Waals surface area contributed by atoms with Crippen molar-refractivity contribution in [1.29, 1.82) is 0 Å². The molecule has 1 atom stereocenters. The van der Waals surface area contributed by atoms with Crippen LogP contribution in [0, 0.1) is 13.8 Å². The molecule has 0 bridgehead atoms. The van der Waals surface area contributed by atoms with E-state index in [0.29, 0.717) is 219 Å². The fraction of sp³-hybridized carbons (Fsp3) is 0.606. The van der Waals surface area contributed by atoms with Gasteiger partial charge in [-0.25, -0.2) is 70.8 Å². The molecule has 608 valence electrons. The van der Waals surface area contributed by atoms with Crippen molar-refractivity contribution in [3.63, 3.8) is 0 Å². The lowest BCUT2D eigenvalue weighted by atomic mass is 9.92. The van der Waals surface area contributed by atoms with E-state index in [1.165, 1.54) is 60.8 Å². The van der Waals surface area contributed by atoms with Crippen LogP contribution in [0.2, 0.25) is 0 Å². The first kappa shape index (κ1) is 81.2. The van der Waals surface area contributed by atoms with Crippen LogP contribution in [0.15, 0.2) is 56.1 Å². The van der Waals surface area contributed by atoms with Crippen molar-refractivity contribution in [2.24, 2.45) is 0 Å². The monoisotopic (exact) mass is 1630 g/mol. The van der Waals surface area contributed by atoms with Gasteiger partial charge in [0.2, 0.25) is 63.9 Å². The van der Waals surface area contributed by atoms with Crippen LogP contribution < -0.4 is 66.4 Å². The quantitative estimate of drug-likeness (QED) is 0.0678. The summed E-state index contributed by atoms with van der Waals surface area (Å²) in [6, 6.07) is 3.62. The first-order chi connectivity index (χ1) is 53.2. The third-order valence-corrected chi connectivity index (χ3v) is 27.9. The predicted molar refractivity (Wildman–Crippen MR) is 432 cm³/mol. The molecule has 8 aliphatic rings. The number of nitrogen functional groups attached to an aromatic ring is 4. The Morgan fingerprint density at radius 1 is 0.366 bits per heavy atom. The van der Waals surface area contributed by atoms with Crippen LogP contribution in [-0.4, -0.2) is 224 Å². The molecule has 0 aromatic carbocycles. The highest BCUT2D eigenvalue weighted by atomic mass is 32.2. The molecule has 8 aromatic heterocycles. The van der Waals surface area contributed by atoms with Crippen LogP contribution >= 0.6 is 0 Å². The molecule has 41 heteroatoms. The van der Waals surface area contributed by atoms with E-state index < -0.39 is 40.1 Å². The molecule has 0 amide bonds. The van der Waals surface area contributed by atoms with Gasteiger partial charge in [-0.3, -0.25) is 37.4 Å². The number of piperidine rings is 4. The number of nitrogens with one attached hydrogen (secondary N) is 4. The largest absolute Gasteiger partial charge is 0.398 e. The summed E-state index contributed by atoms with van der Waals surface area (Å²) in [6.07, 6.45) is 28.0. The number of sulfonamides is 4. The van der Waals surface area contributed by atoms with Gasteiger partial charge >= 0.3 is 0 Å². The number of hydrogen-bond donors (Lipinski definition) is 8. The third-order valence-electron chi connectivity index (χ3n) is 22.7. The van der Waals surface area contributed by atoms with Crippen LogP contribution in [0.25, 0.3) is 44.1 Å². The predicted octanol–water partition coefficient (Wildman–Crippen LogP) is 3.98. The van der Waals surface area contributed by atoms with Crippen LogP contribution in [0.1, 0.15) is 157 Å². The molecule has 3 aliphatic carbocycles. The molecule has 3 saturated carbocycles. The van der Waals surface area contributed by atoms with E-state index in [-0.39, 0.29) is 70.6 Å².